The van der Waals surface area contributed by atoms with E-state index in [0.29, 0.717) is 6.42 Å². The van der Waals surface area contributed by atoms with Gasteiger partial charge in [0.15, 0.2) is 0 Å². The lowest BCUT2D eigenvalue weighted by Gasteiger charge is -2.18. The van der Waals surface area contributed by atoms with Gasteiger partial charge < -0.3 is 15.7 Å². The van der Waals surface area contributed by atoms with E-state index in [1.807, 2.05) is 31.2 Å². The Balaban J connectivity index is 1.73. The fourth-order valence-electron chi connectivity index (χ4n) is 2.09. The molecule has 110 valence electrons. The number of rotatable bonds is 7. The van der Waals surface area contributed by atoms with Gasteiger partial charge in [-0.15, -0.1) is 0 Å². The van der Waals surface area contributed by atoms with E-state index < -0.39 is 0 Å². The van der Waals surface area contributed by atoms with Crippen LogP contribution in [0.4, 0.5) is 5.69 Å². The highest BCUT2D eigenvalue weighted by molar-refractivity contribution is 9.10. The molecule has 20 heavy (non-hydrogen) atoms. The SMILES string of the molecule is CC(CC(=O)Nc1cccc(Br)c1)NCC1(CO)CC1. The molecule has 0 radical (unpaired) electrons. The number of benzene rings is 1. The number of carbonyl (C=O) groups is 1. The van der Waals surface area contributed by atoms with Gasteiger partial charge in [-0.1, -0.05) is 22.0 Å². The predicted molar refractivity (Wildman–Crippen MR) is 83.6 cm³/mol. The minimum atomic E-state index is -0.00283. The van der Waals surface area contributed by atoms with Crippen LogP contribution in [0.2, 0.25) is 0 Å². The third-order valence-electron chi connectivity index (χ3n) is 3.72. The first kappa shape index (κ1) is 15.5. The van der Waals surface area contributed by atoms with E-state index in [1.54, 1.807) is 0 Å². The summed E-state index contributed by atoms with van der Waals surface area (Å²) in [5.74, 6) is -0.00283. The Labute approximate surface area is 128 Å². The molecule has 1 unspecified atom stereocenters. The van der Waals surface area contributed by atoms with E-state index in [9.17, 15) is 9.90 Å². The lowest BCUT2D eigenvalue weighted by atomic mass is 10.1. The van der Waals surface area contributed by atoms with Crippen molar-refractivity contribution < 1.29 is 9.90 Å². The summed E-state index contributed by atoms with van der Waals surface area (Å²) < 4.78 is 0.945. The molecular weight excluding hydrogens is 320 g/mol. The lowest BCUT2D eigenvalue weighted by molar-refractivity contribution is -0.116. The van der Waals surface area contributed by atoms with Crippen LogP contribution in [0, 0.1) is 5.41 Å². The second kappa shape index (κ2) is 6.70. The fourth-order valence-corrected chi connectivity index (χ4v) is 2.49. The first-order chi connectivity index (χ1) is 9.53. The summed E-state index contributed by atoms with van der Waals surface area (Å²) in [5, 5.41) is 15.5. The third-order valence-corrected chi connectivity index (χ3v) is 4.21. The first-order valence-electron chi connectivity index (χ1n) is 6.93. The highest BCUT2D eigenvalue weighted by Gasteiger charge is 2.41. The minimum Gasteiger partial charge on any atom is -0.396 e. The van der Waals surface area contributed by atoms with Gasteiger partial charge >= 0.3 is 0 Å². The number of halogens is 1. The molecule has 1 atom stereocenters. The highest BCUT2D eigenvalue weighted by Crippen LogP contribution is 2.44. The molecule has 1 aromatic rings. The normalized spacial score (nSPS) is 17.6. The largest absolute Gasteiger partial charge is 0.396 e. The number of hydrogen-bond acceptors (Lipinski definition) is 3. The van der Waals surface area contributed by atoms with E-state index in [0.717, 1.165) is 29.5 Å². The zero-order valence-corrected chi connectivity index (χ0v) is 13.2. The summed E-state index contributed by atoms with van der Waals surface area (Å²) in [7, 11) is 0. The molecule has 0 aliphatic heterocycles. The average molecular weight is 341 g/mol. The van der Waals surface area contributed by atoms with Gasteiger partial charge in [-0.25, -0.2) is 0 Å². The van der Waals surface area contributed by atoms with Crippen LogP contribution in [-0.2, 0) is 4.79 Å². The molecule has 0 bridgehead atoms. The van der Waals surface area contributed by atoms with Crippen LogP contribution in [0.1, 0.15) is 26.2 Å². The smallest absolute Gasteiger partial charge is 0.225 e. The van der Waals surface area contributed by atoms with Crippen LogP contribution in [0.15, 0.2) is 28.7 Å². The molecule has 1 amide bonds. The Kier molecular flexibility index (Phi) is 5.18. The third kappa shape index (κ3) is 4.58. The second-order valence-electron chi connectivity index (χ2n) is 5.70. The molecule has 3 N–H and O–H groups in total. The van der Waals surface area contributed by atoms with Gasteiger partial charge in [0.1, 0.15) is 0 Å². The van der Waals surface area contributed by atoms with Gasteiger partial charge in [-0.2, -0.15) is 0 Å². The molecule has 0 spiro atoms. The van der Waals surface area contributed by atoms with Crippen molar-refractivity contribution in [3.05, 3.63) is 28.7 Å². The molecule has 0 saturated heterocycles. The second-order valence-corrected chi connectivity index (χ2v) is 6.62. The van der Waals surface area contributed by atoms with Crippen LogP contribution in [0.25, 0.3) is 0 Å². The molecule has 0 heterocycles. The highest BCUT2D eigenvalue weighted by atomic mass is 79.9. The summed E-state index contributed by atoms with van der Waals surface area (Å²) in [6.45, 7) is 3.01. The molecular formula is C15H21BrN2O2. The number of anilines is 1. The summed E-state index contributed by atoms with van der Waals surface area (Å²) in [6, 6.07) is 7.65. The molecule has 1 aromatic carbocycles. The number of carbonyl (C=O) groups excluding carboxylic acids is 1. The molecule has 4 nitrogen and oxygen atoms in total. The number of aliphatic hydroxyl groups is 1. The summed E-state index contributed by atoms with van der Waals surface area (Å²) in [5.41, 5.74) is 0.875. The lowest BCUT2D eigenvalue weighted by Crippen LogP contribution is -2.36. The molecule has 1 aliphatic rings. The summed E-state index contributed by atoms with van der Waals surface area (Å²) in [4.78, 5) is 11.9. The maximum Gasteiger partial charge on any atom is 0.225 e. The number of aliphatic hydroxyl groups excluding tert-OH is 1. The zero-order chi connectivity index (χ0) is 14.6. The molecule has 1 aliphatic carbocycles. The molecule has 5 heteroatoms. The van der Waals surface area contributed by atoms with Crippen LogP contribution in [0.3, 0.4) is 0 Å². The first-order valence-corrected chi connectivity index (χ1v) is 7.72. The monoisotopic (exact) mass is 340 g/mol. The Morgan fingerprint density at radius 3 is 2.85 bits per heavy atom. The van der Waals surface area contributed by atoms with E-state index >= 15 is 0 Å². The number of nitrogens with one attached hydrogen (secondary N) is 2. The topological polar surface area (TPSA) is 61.4 Å². The number of hydrogen-bond donors (Lipinski definition) is 3. The van der Waals surface area contributed by atoms with Gasteiger partial charge in [-0.3, -0.25) is 4.79 Å². The van der Waals surface area contributed by atoms with Gasteiger partial charge in [0.25, 0.3) is 0 Å². The van der Waals surface area contributed by atoms with Crippen molar-refractivity contribution in [1.29, 1.82) is 0 Å². The molecule has 1 fully saturated rings. The maximum absolute atomic E-state index is 11.9. The predicted octanol–water partition coefficient (Wildman–Crippen LogP) is 2.53. The van der Waals surface area contributed by atoms with Crippen molar-refractivity contribution in [2.75, 3.05) is 18.5 Å². The standard InChI is InChI=1S/C15H21BrN2O2/c1-11(17-9-15(10-19)5-6-15)7-14(20)18-13-4-2-3-12(16)8-13/h2-4,8,11,17,19H,5-7,9-10H2,1H3,(H,18,20). The van der Waals surface area contributed by atoms with Crippen molar-refractivity contribution in [2.24, 2.45) is 5.41 Å². The summed E-state index contributed by atoms with van der Waals surface area (Å²) in [6.07, 6.45) is 2.58. The average Bonchev–Trinajstić information content (AvgIpc) is 3.17. The Morgan fingerprint density at radius 1 is 1.50 bits per heavy atom. The quantitative estimate of drug-likeness (QED) is 0.714. The molecule has 2 rings (SSSR count). The van der Waals surface area contributed by atoms with Crippen LogP contribution >= 0.6 is 15.9 Å². The maximum atomic E-state index is 11.9. The Bertz CT molecular complexity index is 475. The van der Waals surface area contributed by atoms with Gasteiger partial charge in [-0.05, 0) is 38.0 Å². The fraction of sp³-hybridized carbons (Fsp3) is 0.533. The van der Waals surface area contributed by atoms with Crippen molar-refractivity contribution >= 4 is 27.5 Å². The van der Waals surface area contributed by atoms with Crippen molar-refractivity contribution in [3.63, 3.8) is 0 Å². The van der Waals surface area contributed by atoms with Crippen LogP contribution in [-0.4, -0.2) is 30.2 Å². The minimum absolute atomic E-state index is 0.00283. The van der Waals surface area contributed by atoms with Crippen LogP contribution in [0.5, 0.6) is 0 Å². The van der Waals surface area contributed by atoms with E-state index in [-0.39, 0.29) is 24.0 Å². The molecule has 1 saturated carbocycles. The van der Waals surface area contributed by atoms with Crippen molar-refractivity contribution in [3.8, 4) is 0 Å². The van der Waals surface area contributed by atoms with Crippen molar-refractivity contribution in [1.82, 2.24) is 5.32 Å². The Morgan fingerprint density at radius 2 is 2.25 bits per heavy atom. The van der Waals surface area contributed by atoms with Gasteiger partial charge in [0, 0.05) is 41.2 Å². The zero-order valence-electron chi connectivity index (χ0n) is 11.7. The van der Waals surface area contributed by atoms with E-state index in [1.165, 1.54) is 0 Å². The molecule has 0 aromatic heterocycles. The van der Waals surface area contributed by atoms with E-state index in [4.69, 9.17) is 0 Å². The number of amides is 1. The van der Waals surface area contributed by atoms with E-state index in [2.05, 4.69) is 26.6 Å². The van der Waals surface area contributed by atoms with Crippen LogP contribution < -0.4 is 10.6 Å². The van der Waals surface area contributed by atoms with Crippen molar-refractivity contribution in [2.45, 2.75) is 32.2 Å². The van der Waals surface area contributed by atoms with Gasteiger partial charge in [0.05, 0.1) is 0 Å². The summed E-state index contributed by atoms with van der Waals surface area (Å²) >= 11 is 3.38. The van der Waals surface area contributed by atoms with Gasteiger partial charge in [0.2, 0.25) is 5.91 Å². The Hall–Kier alpha value is -0.910.